The van der Waals surface area contributed by atoms with Crippen molar-refractivity contribution >= 4 is 8.15 Å². The standard InChI is InChI=1S/C7H15OP/c1-7(2)5-4-6-9(3)8-7/h4-6H2,1-3H3. The van der Waals surface area contributed by atoms with E-state index >= 15 is 0 Å². The van der Waals surface area contributed by atoms with Gasteiger partial charge in [-0.3, -0.25) is 0 Å². The van der Waals surface area contributed by atoms with Crippen LogP contribution in [0.1, 0.15) is 26.7 Å². The lowest BCUT2D eigenvalue weighted by Crippen LogP contribution is -2.26. The highest BCUT2D eigenvalue weighted by atomic mass is 31.1. The normalized spacial score (nSPS) is 34.3. The van der Waals surface area contributed by atoms with Crippen molar-refractivity contribution in [2.24, 2.45) is 0 Å². The van der Waals surface area contributed by atoms with Crippen LogP contribution in [0.25, 0.3) is 0 Å². The molecule has 1 heterocycles. The predicted octanol–water partition coefficient (Wildman–Crippen LogP) is 2.60. The van der Waals surface area contributed by atoms with Gasteiger partial charge in [0, 0.05) is 8.15 Å². The molecule has 1 atom stereocenters. The Morgan fingerprint density at radius 1 is 1.44 bits per heavy atom. The number of hydrogen-bond donors (Lipinski definition) is 0. The van der Waals surface area contributed by atoms with E-state index in [0.29, 0.717) is 0 Å². The summed E-state index contributed by atoms with van der Waals surface area (Å²) in [5, 5.41) is 0. The van der Waals surface area contributed by atoms with Crippen LogP contribution < -0.4 is 0 Å². The van der Waals surface area contributed by atoms with Gasteiger partial charge in [-0.1, -0.05) is 0 Å². The summed E-state index contributed by atoms with van der Waals surface area (Å²) in [7, 11) is -0.0796. The molecule has 0 spiro atoms. The average Bonchev–Trinajstić information content (AvgIpc) is 1.60. The summed E-state index contributed by atoms with van der Waals surface area (Å²) < 4.78 is 5.74. The highest BCUT2D eigenvalue weighted by molar-refractivity contribution is 7.51. The van der Waals surface area contributed by atoms with Gasteiger partial charge in [0.2, 0.25) is 0 Å². The number of rotatable bonds is 0. The van der Waals surface area contributed by atoms with E-state index in [1.54, 1.807) is 0 Å². The molecular weight excluding hydrogens is 131 g/mol. The lowest BCUT2D eigenvalue weighted by molar-refractivity contribution is 0.104. The van der Waals surface area contributed by atoms with E-state index < -0.39 is 0 Å². The van der Waals surface area contributed by atoms with Crippen LogP contribution in [0.3, 0.4) is 0 Å². The van der Waals surface area contributed by atoms with E-state index in [2.05, 4.69) is 20.5 Å². The summed E-state index contributed by atoms with van der Waals surface area (Å²) in [6.45, 7) is 6.59. The van der Waals surface area contributed by atoms with Gasteiger partial charge in [-0.25, -0.2) is 0 Å². The molecule has 0 bridgehead atoms. The van der Waals surface area contributed by atoms with E-state index in [0.717, 1.165) is 0 Å². The van der Waals surface area contributed by atoms with Gasteiger partial charge < -0.3 is 4.52 Å². The molecule has 0 aromatic heterocycles. The molecule has 0 aliphatic carbocycles. The first kappa shape index (κ1) is 7.50. The fraction of sp³-hybridized carbons (Fsp3) is 1.00. The quantitative estimate of drug-likeness (QED) is 0.477. The van der Waals surface area contributed by atoms with Crippen molar-refractivity contribution in [3.63, 3.8) is 0 Å². The fourth-order valence-electron chi connectivity index (χ4n) is 1.24. The third-order valence-electron chi connectivity index (χ3n) is 1.65. The SMILES string of the molecule is CP1CCCC(C)(C)O1. The van der Waals surface area contributed by atoms with E-state index in [9.17, 15) is 0 Å². The smallest absolute Gasteiger partial charge is 0.0669 e. The Hall–Kier alpha value is 0.390. The van der Waals surface area contributed by atoms with Crippen molar-refractivity contribution in [3.8, 4) is 0 Å². The lowest BCUT2D eigenvalue weighted by Gasteiger charge is -2.33. The molecule has 0 amide bonds. The summed E-state index contributed by atoms with van der Waals surface area (Å²) in [5.41, 5.74) is 0.179. The Morgan fingerprint density at radius 3 is 2.44 bits per heavy atom. The van der Waals surface area contributed by atoms with E-state index in [4.69, 9.17) is 4.52 Å². The maximum Gasteiger partial charge on any atom is 0.0669 e. The van der Waals surface area contributed by atoms with Gasteiger partial charge in [0.25, 0.3) is 0 Å². The Morgan fingerprint density at radius 2 is 2.11 bits per heavy atom. The highest BCUT2D eigenvalue weighted by Gasteiger charge is 2.25. The van der Waals surface area contributed by atoms with Crippen LogP contribution in [0.2, 0.25) is 0 Å². The molecule has 2 heteroatoms. The second-order valence-corrected chi connectivity index (χ2v) is 5.19. The first-order chi connectivity index (χ1) is 4.10. The van der Waals surface area contributed by atoms with E-state index in [-0.39, 0.29) is 13.7 Å². The van der Waals surface area contributed by atoms with E-state index in [1.807, 2.05) is 0 Å². The van der Waals surface area contributed by atoms with Gasteiger partial charge in [-0.2, -0.15) is 0 Å². The minimum absolute atomic E-state index is 0.0796. The first-order valence-corrected chi connectivity index (χ1v) is 5.40. The molecule has 54 valence electrons. The molecule has 0 radical (unpaired) electrons. The lowest BCUT2D eigenvalue weighted by atomic mass is 10.0. The van der Waals surface area contributed by atoms with Gasteiger partial charge in [0.15, 0.2) is 0 Å². The molecule has 1 unspecified atom stereocenters. The molecule has 9 heavy (non-hydrogen) atoms. The molecule has 0 aromatic rings. The van der Waals surface area contributed by atoms with Crippen molar-refractivity contribution in [2.75, 3.05) is 12.8 Å². The highest BCUT2D eigenvalue weighted by Crippen LogP contribution is 2.44. The monoisotopic (exact) mass is 146 g/mol. The molecule has 1 saturated heterocycles. The third-order valence-corrected chi connectivity index (χ3v) is 3.41. The zero-order chi connectivity index (χ0) is 6.91. The zero-order valence-electron chi connectivity index (χ0n) is 6.48. The average molecular weight is 146 g/mol. The molecule has 1 aliphatic rings. The van der Waals surface area contributed by atoms with Gasteiger partial charge in [0.05, 0.1) is 5.60 Å². The Bertz CT molecular complexity index is 101. The summed E-state index contributed by atoms with van der Waals surface area (Å²) in [4.78, 5) is 0. The van der Waals surface area contributed by atoms with Gasteiger partial charge in [0.1, 0.15) is 0 Å². The largest absolute Gasteiger partial charge is 0.354 e. The summed E-state index contributed by atoms with van der Waals surface area (Å²) in [6, 6.07) is 0. The van der Waals surface area contributed by atoms with Crippen LogP contribution in [0.15, 0.2) is 0 Å². The van der Waals surface area contributed by atoms with Crippen LogP contribution >= 0.6 is 8.15 Å². The van der Waals surface area contributed by atoms with Crippen LogP contribution in [0.5, 0.6) is 0 Å². The first-order valence-electron chi connectivity index (χ1n) is 3.50. The Kier molecular flexibility index (Phi) is 2.13. The van der Waals surface area contributed by atoms with E-state index in [1.165, 1.54) is 19.0 Å². The van der Waals surface area contributed by atoms with Gasteiger partial charge >= 0.3 is 0 Å². The number of hydrogen-bond acceptors (Lipinski definition) is 1. The van der Waals surface area contributed by atoms with Gasteiger partial charge in [-0.15, -0.1) is 0 Å². The fourth-order valence-corrected chi connectivity index (χ4v) is 2.87. The molecule has 1 rings (SSSR count). The topological polar surface area (TPSA) is 9.23 Å². The zero-order valence-corrected chi connectivity index (χ0v) is 7.37. The Labute approximate surface area is 58.6 Å². The van der Waals surface area contributed by atoms with Crippen LogP contribution in [0.4, 0.5) is 0 Å². The van der Waals surface area contributed by atoms with Crippen molar-refractivity contribution in [3.05, 3.63) is 0 Å². The summed E-state index contributed by atoms with van der Waals surface area (Å²) in [6.07, 6.45) is 3.90. The minimum atomic E-state index is -0.0796. The second kappa shape index (κ2) is 2.56. The molecule has 1 nitrogen and oxygen atoms in total. The summed E-state index contributed by atoms with van der Waals surface area (Å²) in [5.74, 6) is 0. The minimum Gasteiger partial charge on any atom is -0.354 e. The van der Waals surface area contributed by atoms with Crippen molar-refractivity contribution in [1.82, 2.24) is 0 Å². The Balaban J connectivity index is 2.41. The molecule has 1 fully saturated rings. The maximum absolute atomic E-state index is 5.74. The molecule has 0 N–H and O–H groups in total. The molecule has 1 aliphatic heterocycles. The van der Waals surface area contributed by atoms with Crippen LogP contribution in [-0.2, 0) is 4.52 Å². The molecule has 0 saturated carbocycles. The van der Waals surface area contributed by atoms with Crippen molar-refractivity contribution in [1.29, 1.82) is 0 Å². The summed E-state index contributed by atoms with van der Waals surface area (Å²) >= 11 is 0. The predicted molar refractivity (Wildman–Crippen MR) is 42.1 cm³/mol. The third kappa shape index (κ3) is 2.23. The van der Waals surface area contributed by atoms with Crippen molar-refractivity contribution in [2.45, 2.75) is 32.3 Å². The second-order valence-electron chi connectivity index (χ2n) is 3.31. The molecule has 0 aromatic carbocycles. The maximum atomic E-state index is 5.74. The van der Waals surface area contributed by atoms with Gasteiger partial charge in [-0.05, 0) is 39.5 Å². The van der Waals surface area contributed by atoms with Crippen LogP contribution in [0, 0.1) is 0 Å². The molecular formula is C7H15OP. The van der Waals surface area contributed by atoms with Crippen LogP contribution in [-0.4, -0.2) is 18.4 Å². The van der Waals surface area contributed by atoms with Crippen molar-refractivity contribution < 1.29 is 4.52 Å².